The third kappa shape index (κ3) is 6.80. The molecule has 1 heterocycles. The van der Waals surface area contributed by atoms with Gasteiger partial charge in [0.05, 0.1) is 30.0 Å². The molecule has 0 radical (unpaired) electrons. The molecule has 0 aliphatic rings. The van der Waals surface area contributed by atoms with Crippen LogP contribution in [0.5, 0.6) is 11.5 Å². The van der Waals surface area contributed by atoms with E-state index in [9.17, 15) is 9.59 Å². The number of fused-ring (bicyclic) bond motifs is 1. The number of anilines is 2. The zero-order valence-corrected chi connectivity index (χ0v) is 20.5. The zero-order valence-electron chi connectivity index (χ0n) is 20.5. The van der Waals surface area contributed by atoms with E-state index in [4.69, 9.17) is 24.4 Å². The molecule has 1 aromatic heterocycles. The summed E-state index contributed by atoms with van der Waals surface area (Å²) in [5, 5.41) is 6.35. The number of benzene rings is 3. The molecule has 0 fully saturated rings. The number of nitrogens with two attached hydrogens (primary N) is 1. The van der Waals surface area contributed by atoms with Crippen molar-refractivity contribution < 1.29 is 28.2 Å². The monoisotopic (exact) mass is 503 g/mol. The van der Waals surface area contributed by atoms with Crippen LogP contribution in [0.2, 0.25) is 0 Å². The van der Waals surface area contributed by atoms with Crippen molar-refractivity contribution in [3.8, 4) is 11.5 Å². The van der Waals surface area contributed by atoms with Gasteiger partial charge in [0.1, 0.15) is 23.7 Å². The highest BCUT2D eigenvalue weighted by molar-refractivity contribution is 6.05. The average Bonchev–Trinajstić information content (AvgIpc) is 3.36. The first-order chi connectivity index (χ1) is 18.0. The fraction of sp³-hybridized carbons (Fsp3) is 0.214. The zero-order chi connectivity index (χ0) is 26.0. The number of rotatable bonds is 12. The van der Waals surface area contributed by atoms with E-state index in [0.29, 0.717) is 66.8 Å². The van der Waals surface area contributed by atoms with Crippen LogP contribution in [0.4, 0.5) is 11.4 Å². The molecular weight excluding hydrogens is 474 g/mol. The van der Waals surface area contributed by atoms with Crippen LogP contribution in [0.25, 0.3) is 11.0 Å². The average molecular weight is 504 g/mol. The Labute approximate surface area is 214 Å². The van der Waals surface area contributed by atoms with Crippen LogP contribution in [0.3, 0.4) is 0 Å². The maximum Gasteiger partial charge on any atom is 0.287 e. The summed E-state index contributed by atoms with van der Waals surface area (Å²) in [6, 6.07) is 21.0. The van der Waals surface area contributed by atoms with Gasteiger partial charge in [-0.15, -0.1) is 0 Å². The molecule has 4 aromatic rings. The van der Waals surface area contributed by atoms with Gasteiger partial charge in [-0.25, -0.2) is 0 Å². The van der Waals surface area contributed by atoms with Crippen molar-refractivity contribution >= 4 is 34.2 Å². The van der Waals surface area contributed by atoms with Crippen molar-refractivity contribution in [3.05, 3.63) is 84.1 Å². The number of nitrogens with one attached hydrogen (secondary N) is 2. The Kier molecular flexibility index (Phi) is 8.62. The third-order valence-electron chi connectivity index (χ3n) is 5.49. The minimum atomic E-state index is -0.312. The van der Waals surface area contributed by atoms with E-state index >= 15 is 0 Å². The minimum absolute atomic E-state index is 0.213. The lowest BCUT2D eigenvalue weighted by atomic mass is 10.2. The maximum absolute atomic E-state index is 12.5. The van der Waals surface area contributed by atoms with Crippen molar-refractivity contribution in [1.82, 2.24) is 5.32 Å². The van der Waals surface area contributed by atoms with Gasteiger partial charge in [0.25, 0.3) is 11.8 Å². The first-order valence-corrected chi connectivity index (χ1v) is 11.9. The van der Waals surface area contributed by atoms with E-state index < -0.39 is 0 Å². The van der Waals surface area contributed by atoms with Crippen molar-refractivity contribution in [2.24, 2.45) is 0 Å². The third-order valence-corrected chi connectivity index (χ3v) is 5.49. The smallest absolute Gasteiger partial charge is 0.287 e. The van der Waals surface area contributed by atoms with E-state index in [1.807, 2.05) is 12.1 Å². The largest absolute Gasteiger partial charge is 0.494 e. The SMILES string of the molecule is COCCOc1cccc2oc(C(=O)NCCCOc3ccc(C(=O)Nc4ccccc4N)cc3)cc12. The van der Waals surface area contributed by atoms with Gasteiger partial charge in [-0.3, -0.25) is 9.59 Å². The molecule has 2 amide bonds. The molecule has 0 aliphatic heterocycles. The van der Waals surface area contributed by atoms with Gasteiger partial charge >= 0.3 is 0 Å². The predicted octanol–water partition coefficient (Wildman–Crippen LogP) is 4.49. The number of para-hydroxylation sites is 2. The number of methoxy groups -OCH3 is 1. The molecule has 4 rings (SSSR count). The van der Waals surface area contributed by atoms with Gasteiger partial charge in [-0.1, -0.05) is 18.2 Å². The number of carbonyl (C=O) groups excluding carboxylic acids is 2. The van der Waals surface area contributed by atoms with Gasteiger partial charge < -0.3 is 35.0 Å². The predicted molar refractivity (Wildman–Crippen MR) is 141 cm³/mol. The summed E-state index contributed by atoms with van der Waals surface area (Å²) in [5.41, 5.74) is 8.00. The van der Waals surface area contributed by atoms with Gasteiger partial charge in [0.15, 0.2) is 5.76 Å². The molecule has 3 aromatic carbocycles. The number of nitrogen functional groups attached to an aromatic ring is 1. The molecule has 0 aliphatic carbocycles. The first kappa shape index (κ1) is 25.6. The summed E-state index contributed by atoms with van der Waals surface area (Å²) in [6.07, 6.45) is 0.590. The second kappa shape index (κ2) is 12.5. The summed E-state index contributed by atoms with van der Waals surface area (Å²) in [6.45, 7) is 1.67. The molecule has 0 saturated heterocycles. The highest BCUT2D eigenvalue weighted by atomic mass is 16.5. The van der Waals surface area contributed by atoms with Crippen molar-refractivity contribution in [2.75, 3.05) is 44.5 Å². The Balaban J connectivity index is 1.21. The number of carbonyl (C=O) groups is 2. The van der Waals surface area contributed by atoms with Crippen molar-refractivity contribution in [3.63, 3.8) is 0 Å². The van der Waals surface area contributed by atoms with E-state index in [-0.39, 0.29) is 17.6 Å². The van der Waals surface area contributed by atoms with Crippen LogP contribution < -0.4 is 25.8 Å². The van der Waals surface area contributed by atoms with Crippen LogP contribution in [-0.2, 0) is 4.74 Å². The molecule has 9 heteroatoms. The normalized spacial score (nSPS) is 10.7. The van der Waals surface area contributed by atoms with E-state index in [0.717, 1.165) is 5.39 Å². The fourth-order valence-electron chi connectivity index (χ4n) is 3.57. The van der Waals surface area contributed by atoms with Crippen molar-refractivity contribution in [2.45, 2.75) is 6.42 Å². The lowest BCUT2D eigenvalue weighted by Gasteiger charge is -2.09. The highest BCUT2D eigenvalue weighted by Crippen LogP contribution is 2.28. The molecule has 0 atom stereocenters. The lowest BCUT2D eigenvalue weighted by molar-refractivity contribution is 0.0925. The summed E-state index contributed by atoms with van der Waals surface area (Å²) in [4.78, 5) is 24.9. The highest BCUT2D eigenvalue weighted by Gasteiger charge is 2.15. The minimum Gasteiger partial charge on any atom is -0.494 e. The van der Waals surface area contributed by atoms with E-state index in [2.05, 4.69) is 10.6 Å². The van der Waals surface area contributed by atoms with Crippen LogP contribution in [0.15, 0.2) is 77.2 Å². The summed E-state index contributed by atoms with van der Waals surface area (Å²) < 4.78 is 22.1. The summed E-state index contributed by atoms with van der Waals surface area (Å²) in [5.74, 6) is 0.906. The Morgan fingerprint density at radius 1 is 0.892 bits per heavy atom. The number of amides is 2. The number of furan rings is 1. The van der Waals surface area contributed by atoms with E-state index in [1.165, 1.54) is 0 Å². The van der Waals surface area contributed by atoms with Crippen LogP contribution in [-0.4, -0.2) is 45.3 Å². The van der Waals surface area contributed by atoms with Gasteiger partial charge in [0.2, 0.25) is 0 Å². The quantitative estimate of drug-likeness (QED) is 0.192. The second-order valence-corrected chi connectivity index (χ2v) is 8.14. The number of hydrogen-bond donors (Lipinski definition) is 3. The summed E-state index contributed by atoms with van der Waals surface area (Å²) in [7, 11) is 1.61. The Morgan fingerprint density at radius 3 is 2.49 bits per heavy atom. The molecule has 0 bridgehead atoms. The maximum atomic E-state index is 12.5. The fourth-order valence-corrected chi connectivity index (χ4v) is 3.57. The Bertz CT molecular complexity index is 1350. The molecule has 0 spiro atoms. The Hall–Kier alpha value is -4.50. The topological polar surface area (TPSA) is 125 Å². The summed E-state index contributed by atoms with van der Waals surface area (Å²) >= 11 is 0. The van der Waals surface area contributed by atoms with Gasteiger partial charge in [0, 0.05) is 25.3 Å². The van der Waals surface area contributed by atoms with Gasteiger partial charge in [-0.2, -0.15) is 0 Å². The molecule has 9 nitrogen and oxygen atoms in total. The molecule has 0 saturated carbocycles. The van der Waals surface area contributed by atoms with Gasteiger partial charge in [-0.05, 0) is 55.0 Å². The molecule has 0 unspecified atom stereocenters. The number of hydrogen-bond acceptors (Lipinski definition) is 7. The molecule has 192 valence electrons. The Morgan fingerprint density at radius 2 is 1.70 bits per heavy atom. The van der Waals surface area contributed by atoms with Crippen LogP contribution >= 0.6 is 0 Å². The van der Waals surface area contributed by atoms with Crippen LogP contribution in [0.1, 0.15) is 27.3 Å². The first-order valence-electron chi connectivity index (χ1n) is 11.9. The van der Waals surface area contributed by atoms with Crippen LogP contribution in [0, 0.1) is 0 Å². The second-order valence-electron chi connectivity index (χ2n) is 8.14. The molecule has 4 N–H and O–H groups in total. The lowest BCUT2D eigenvalue weighted by Crippen LogP contribution is -2.25. The number of ether oxygens (including phenoxy) is 3. The molecule has 37 heavy (non-hydrogen) atoms. The molecular formula is C28H29N3O6. The standard InChI is InChI=1S/C28H29N3O6/c1-34-16-17-36-24-8-4-9-25-21(24)18-26(37-25)28(33)30-14-5-15-35-20-12-10-19(11-13-20)27(32)31-23-7-3-2-6-22(23)29/h2-4,6-13,18H,5,14-17,29H2,1H3,(H,30,33)(H,31,32). The van der Waals surface area contributed by atoms with E-state index in [1.54, 1.807) is 67.8 Å². The van der Waals surface area contributed by atoms with Crippen molar-refractivity contribution in [1.29, 1.82) is 0 Å².